The van der Waals surface area contributed by atoms with Gasteiger partial charge in [0, 0.05) is 42.0 Å². The van der Waals surface area contributed by atoms with E-state index in [4.69, 9.17) is 15.6 Å². The zero-order valence-corrected chi connectivity index (χ0v) is 24.0. The molecule has 3 N–H and O–H groups in total. The van der Waals surface area contributed by atoms with Crippen LogP contribution < -0.4 is 20.7 Å². The lowest BCUT2D eigenvalue weighted by atomic mass is 9.98. The Labute approximate surface area is 243 Å². The third kappa shape index (κ3) is 5.93. The summed E-state index contributed by atoms with van der Waals surface area (Å²) in [5.74, 6) is 1.04. The molecule has 4 aromatic rings. The number of carbonyl (C=O) groups excluding carboxylic acids is 1. The number of aryl methyl sites for hydroxylation is 2. The molecule has 0 saturated carbocycles. The van der Waals surface area contributed by atoms with Crippen molar-refractivity contribution < 1.29 is 22.7 Å². The van der Waals surface area contributed by atoms with E-state index in [2.05, 4.69) is 24.1 Å². The van der Waals surface area contributed by atoms with E-state index in [1.54, 1.807) is 25.1 Å². The monoisotopic (exact) mass is 577 g/mol. The first-order valence-electron chi connectivity index (χ1n) is 13.9. The number of para-hydroxylation sites is 1. The number of carbonyl (C=O) groups is 1. The number of benzene rings is 3. The average molecular weight is 578 g/mol. The summed E-state index contributed by atoms with van der Waals surface area (Å²) in [6.07, 6.45) is -3.78. The Morgan fingerprint density at radius 1 is 1.07 bits per heavy atom. The molecule has 0 unspecified atom stereocenters. The molecule has 0 spiro atoms. The number of rotatable bonds is 7. The molecule has 7 nitrogen and oxygen atoms in total. The molecule has 220 valence electrons. The molecule has 3 aromatic carbocycles. The number of alkyl halides is 3. The lowest BCUT2D eigenvalue weighted by Gasteiger charge is -2.30. The maximum Gasteiger partial charge on any atom is 0.416 e. The first-order valence-corrected chi connectivity index (χ1v) is 13.9. The van der Waals surface area contributed by atoms with Gasteiger partial charge in [-0.3, -0.25) is 0 Å². The van der Waals surface area contributed by atoms with Gasteiger partial charge in [0.1, 0.15) is 11.4 Å². The minimum Gasteiger partial charge on any atom is -0.491 e. The molecule has 0 bridgehead atoms. The molecule has 10 heteroatoms. The molecule has 0 aliphatic carbocycles. The predicted molar refractivity (Wildman–Crippen MR) is 158 cm³/mol. The molecule has 0 fully saturated rings. The zero-order valence-electron chi connectivity index (χ0n) is 24.0. The molecule has 42 heavy (non-hydrogen) atoms. The molecule has 2 amide bonds. The number of halogens is 3. The highest BCUT2D eigenvalue weighted by Crippen LogP contribution is 2.39. The minimum absolute atomic E-state index is 0.328. The van der Waals surface area contributed by atoms with E-state index in [-0.39, 0.29) is 0 Å². The van der Waals surface area contributed by atoms with E-state index in [1.165, 1.54) is 6.07 Å². The van der Waals surface area contributed by atoms with Crippen LogP contribution in [0.1, 0.15) is 41.8 Å². The summed E-state index contributed by atoms with van der Waals surface area (Å²) in [5.41, 5.74) is 12.0. The molecule has 0 radical (unpaired) electrons. The number of hydrogen-bond acceptors (Lipinski definition) is 4. The van der Waals surface area contributed by atoms with Crippen LogP contribution in [0.25, 0.3) is 16.9 Å². The van der Waals surface area contributed by atoms with Gasteiger partial charge in [-0.05, 0) is 67.3 Å². The van der Waals surface area contributed by atoms with Gasteiger partial charge in [-0.1, -0.05) is 38.1 Å². The second kappa shape index (κ2) is 11.4. The van der Waals surface area contributed by atoms with Crippen LogP contribution in [0, 0.1) is 19.8 Å². The number of nitrogens with zero attached hydrogens (tertiary/aromatic N) is 3. The van der Waals surface area contributed by atoms with Crippen molar-refractivity contribution >= 4 is 17.4 Å². The van der Waals surface area contributed by atoms with Crippen LogP contribution in [0.3, 0.4) is 0 Å². The average Bonchev–Trinajstić information content (AvgIpc) is 3.29. The number of fused-ring (bicyclic) bond motifs is 1. The molecular weight excluding hydrogens is 543 g/mol. The number of nitrogens with one attached hydrogen (secondary N) is 1. The molecule has 5 rings (SSSR count). The number of amides is 2. The Kier molecular flexibility index (Phi) is 7.90. The molecular formula is C32H34F3N5O2. The van der Waals surface area contributed by atoms with E-state index in [0.29, 0.717) is 49.0 Å². The van der Waals surface area contributed by atoms with Crippen molar-refractivity contribution in [3.05, 3.63) is 88.6 Å². The summed E-state index contributed by atoms with van der Waals surface area (Å²) >= 11 is 0. The second-order valence-corrected chi connectivity index (χ2v) is 11.0. The second-order valence-electron chi connectivity index (χ2n) is 11.0. The third-order valence-corrected chi connectivity index (χ3v) is 7.31. The summed E-state index contributed by atoms with van der Waals surface area (Å²) in [6, 6.07) is 16.5. The SMILES string of the molecule is Cc1cc(C(F)(F)F)ccc1N1CCc2nn(-c3c(C)cccc3OCC(C)C)c(-c3ccc(NC(N)=O)cc3)c2C1. The summed E-state index contributed by atoms with van der Waals surface area (Å²) in [6.45, 7) is 9.52. The van der Waals surface area contributed by atoms with Crippen LogP contribution in [0.2, 0.25) is 0 Å². The van der Waals surface area contributed by atoms with E-state index in [1.807, 2.05) is 41.9 Å². The van der Waals surface area contributed by atoms with Crippen LogP contribution in [0.4, 0.5) is 29.3 Å². The van der Waals surface area contributed by atoms with Crippen molar-refractivity contribution in [3.8, 4) is 22.7 Å². The first-order chi connectivity index (χ1) is 19.9. The molecule has 1 aliphatic rings. The van der Waals surface area contributed by atoms with Crippen LogP contribution >= 0.6 is 0 Å². The maximum absolute atomic E-state index is 13.3. The zero-order chi connectivity index (χ0) is 30.2. The van der Waals surface area contributed by atoms with Gasteiger partial charge in [-0.15, -0.1) is 0 Å². The normalized spacial score (nSPS) is 13.3. The van der Waals surface area contributed by atoms with E-state index in [9.17, 15) is 18.0 Å². The maximum atomic E-state index is 13.3. The smallest absolute Gasteiger partial charge is 0.416 e. The van der Waals surface area contributed by atoms with Crippen molar-refractivity contribution in [2.45, 2.75) is 46.8 Å². The highest BCUT2D eigenvalue weighted by Gasteiger charge is 2.32. The van der Waals surface area contributed by atoms with Gasteiger partial charge in [0.15, 0.2) is 0 Å². The van der Waals surface area contributed by atoms with Gasteiger partial charge in [0.05, 0.1) is 23.6 Å². The fourth-order valence-corrected chi connectivity index (χ4v) is 5.35. The number of ether oxygens (including phenoxy) is 1. The summed E-state index contributed by atoms with van der Waals surface area (Å²) < 4.78 is 48.2. The minimum atomic E-state index is -4.40. The number of anilines is 2. The molecule has 0 saturated heterocycles. The number of aromatic nitrogens is 2. The van der Waals surface area contributed by atoms with E-state index < -0.39 is 17.8 Å². The predicted octanol–water partition coefficient (Wildman–Crippen LogP) is 7.26. The lowest BCUT2D eigenvalue weighted by molar-refractivity contribution is -0.137. The topological polar surface area (TPSA) is 85.4 Å². The van der Waals surface area contributed by atoms with Gasteiger partial charge in [-0.25, -0.2) is 9.48 Å². The Morgan fingerprint density at radius 3 is 2.45 bits per heavy atom. The Hall–Kier alpha value is -4.47. The van der Waals surface area contributed by atoms with Crippen molar-refractivity contribution in [2.24, 2.45) is 11.7 Å². The van der Waals surface area contributed by atoms with E-state index >= 15 is 0 Å². The number of primary amides is 1. The quantitative estimate of drug-likeness (QED) is 0.242. The van der Waals surface area contributed by atoms with Crippen molar-refractivity contribution in [3.63, 3.8) is 0 Å². The van der Waals surface area contributed by atoms with Crippen LogP contribution in [-0.2, 0) is 19.1 Å². The number of urea groups is 1. The fraction of sp³-hybridized carbons (Fsp3) is 0.312. The lowest BCUT2D eigenvalue weighted by Crippen LogP contribution is -2.31. The van der Waals surface area contributed by atoms with Crippen molar-refractivity contribution in [1.82, 2.24) is 9.78 Å². The van der Waals surface area contributed by atoms with Gasteiger partial charge in [-0.2, -0.15) is 18.3 Å². The fourth-order valence-electron chi connectivity index (χ4n) is 5.35. The van der Waals surface area contributed by atoms with Crippen LogP contribution in [0.15, 0.2) is 60.7 Å². The van der Waals surface area contributed by atoms with Crippen molar-refractivity contribution in [2.75, 3.05) is 23.4 Å². The Balaban J connectivity index is 1.63. The third-order valence-electron chi connectivity index (χ3n) is 7.31. The van der Waals surface area contributed by atoms with Gasteiger partial charge >= 0.3 is 12.2 Å². The standard InChI is InChI=1S/C32H34F3N5O2/c1-19(2)18-42-28-7-5-6-20(3)29(28)40-30(22-8-11-24(12-9-22)37-31(36)41)25-17-39(15-14-26(25)38-40)27-13-10-23(16-21(27)4)32(33,34)35/h5-13,16,19H,14-15,17-18H2,1-4H3,(H3,36,37,41). The first kappa shape index (κ1) is 29.0. The summed E-state index contributed by atoms with van der Waals surface area (Å²) in [7, 11) is 0. The largest absolute Gasteiger partial charge is 0.491 e. The molecule has 1 aromatic heterocycles. The number of nitrogens with two attached hydrogens (primary N) is 1. The van der Waals surface area contributed by atoms with Crippen LogP contribution in [-0.4, -0.2) is 29.0 Å². The van der Waals surface area contributed by atoms with Crippen LogP contribution in [0.5, 0.6) is 5.75 Å². The summed E-state index contributed by atoms with van der Waals surface area (Å²) in [5, 5.41) is 7.67. The number of hydrogen-bond donors (Lipinski definition) is 2. The summed E-state index contributed by atoms with van der Waals surface area (Å²) in [4.78, 5) is 13.5. The van der Waals surface area contributed by atoms with Gasteiger partial charge in [0.2, 0.25) is 0 Å². The highest BCUT2D eigenvalue weighted by atomic mass is 19.4. The molecule has 2 heterocycles. The molecule has 0 atom stereocenters. The van der Waals surface area contributed by atoms with Crippen molar-refractivity contribution in [1.29, 1.82) is 0 Å². The Bertz CT molecular complexity index is 1610. The molecule has 1 aliphatic heterocycles. The Morgan fingerprint density at radius 2 is 1.81 bits per heavy atom. The highest BCUT2D eigenvalue weighted by molar-refractivity contribution is 5.88. The van der Waals surface area contributed by atoms with Gasteiger partial charge in [0.25, 0.3) is 0 Å². The van der Waals surface area contributed by atoms with E-state index in [0.717, 1.165) is 45.5 Å². The van der Waals surface area contributed by atoms with Gasteiger partial charge < -0.3 is 20.7 Å².